The summed E-state index contributed by atoms with van der Waals surface area (Å²) in [5.74, 6) is 2.56. The molecule has 0 N–H and O–H groups in total. The van der Waals surface area contributed by atoms with Gasteiger partial charge in [0.2, 0.25) is 0 Å². The Morgan fingerprint density at radius 3 is 2.62 bits per heavy atom. The van der Waals surface area contributed by atoms with Gasteiger partial charge in [0.1, 0.15) is 0 Å². The summed E-state index contributed by atoms with van der Waals surface area (Å²) in [6.07, 6.45) is 1.25. The van der Waals surface area contributed by atoms with Crippen LogP contribution in [0.3, 0.4) is 0 Å². The van der Waals surface area contributed by atoms with Crippen LogP contribution in [0.4, 0.5) is 5.82 Å². The third-order valence-electron chi connectivity index (χ3n) is 5.32. The lowest BCUT2D eigenvalue weighted by Crippen LogP contribution is -2.40. The summed E-state index contributed by atoms with van der Waals surface area (Å²) in [6.45, 7) is 9.57. The molecule has 0 bridgehead atoms. The number of piperidine rings is 1. The lowest BCUT2D eigenvalue weighted by molar-refractivity contribution is 0.310. The van der Waals surface area contributed by atoms with Crippen LogP contribution in [0.2, 0.25) is 0 Å². The number of likely N-dealkylation sites (tertiary alicyclic amines) is 1. The van der Waals surface area contributed by atoms with Crippen LogP contribution in [-0.2, 0) is 6.54 Å². The molecular weight excluding hydrogens is 298 g/mol. The fourth-order valence-electron chi connectivity index (χ4n) is 4.08. The smallest absolute Gasteiger partial charge is 0.151 e. The summed E-state index contributed by atoms with van der Waals surface area (Å²) in [6, 6.07) is 10.5. The van der Waals surface area contributed by atoms with Crippen molar-refractivity contribution >= 4 is 5.82 Å². The van der Waals surface area contributed by atoms with Gasteiger partial charge in [-0.05, 0) is 56.4 Å². The molecule has 2 saturated heterocycles. The number of anilines is 1. The molecule has 0 unspecified atom stereocenters. The minimum atomic E-state index is 0.728. The van der Waals surface area contributed by atoms with E-state index in [0.717, 1.165) is 55.2 Å². The predicted molar refractivity (Wildman–Crippen MR) is 94.8 cm³/mol. The van der Waals surface area contributed by atoms with Crippen LogP contribution >= 0.6 is 0 Å². The summed E-state index contributed by atoms with van der Waals surface area (Å²) in [5, 5.41) is 8.57. The Morgan fingerprint density at radius 2 is 1.83 bits per heavy atom. The number of rotatable bonds is 3. The van der Waals surface area contributed by atoms with E-state index in [1.54, 1.807) is 0 Å². The van der Waals surface area contributed by atoms with Crippen molar-refractivity contribution in [2.24, 2.45) is 11.8 Å². The highest BCUT2D eigenvalue weighted by Crippen LogP contribution is 2.33. The molecular formula is C19H25N5. The highest BCUT2D eigenvalue weighted by Gasteiger charge is 2.37. The van der Waals surface area contributed by atoms with Crippen LogP contribution in [0.15, 0.2) is 30.3 Å². The van der Waals surface area contributed by atoms with Crippen molar-refractivity contribution in [1.29, 1.82) is 0 Å². The van der Waals surface area contributed by atoms with Gasteiger partial charge in [0, 0.05) is 38.4 Å². The number of hydrogen-bond acceptors (Lipinski definition) is 5. The molecule has 2 aromatic heterocycles. The summed E-state index contributed by atoms with van der Waals surface area (Å²) in [4.78, 5) is 9.63. The monoisotopic (exact) mass is 323 g/mol. The number of aryl methyl sites for hydroxylation is 2. The Labute approximate surface area is 143 Å². The fraction of sp³-hybridized carbons (Fsp3) is 0.526. The quantitative estimate of drug-likeness (QED) is 0.868. The molecule has 2 aliphatic heterocycles. The molecule has 4 rings (SSSR count). The Hall–Kier alpha value is -2.01. The van der Waals surface area contributed by atoms with Crippen molar-refractivity contribution in [1.82, 2.24) is 20.1 Å². The van der Waals surface area contributed by atoms with Gasteiger partial charge in [0.15, 0.2) is 5.82 Å². The van der Waals surface area contributed by atoms with Gasteiger partial charge < -0.3 is 4.90 Å². The van der Waals surface area contributed by atoms with Crippen molar-refractivity contribution in [2.75, 3.05) is 31.1 Å². The van der Waals surface area contributed by atoms with Gasteiger partial charge in [-0.2, -0.15) is 5.10 Å². The average molecular weight is 323 g/mol. The van der Waals surface area contributed by atoms with Crippen LogP contribution in [-0.4, -0.2) is 46.3 Å². The van der Waals surface area contributed by atoms with Crippen LogP contribution in [0, 0.1) is 25.7 Å². The standard InChI is InChI=1S/C19H25N5/c1-14-4-3-5-18(20-14)13-23-10-16-8-9-24(12-17(16)11-23)19-7-6-15(2)21-22-19/h3-7,16-17H,8-13H2,1-2H3/t16-,17-/m1/s1. The second kappa shape index (κ2) is 6.48. The molecule has 24 heavy (non-hydrogen) atoms. The molecule has 0 aromatic carbocycles. The number of pyridine rings is 1. The van der Waals surface area contributed by atoms with Crippen molar-refractivity contribution in [3.63, 3.8) is 0 Å². The van der Waals surface area contributed by atoms with Gasteiger partial charge >= 0.3 is 0 Å². The molecule has 5 heteroatoms. The molecule has 126 valence electrons. The van der Waals surface area contributed by atoms with Crippen LogP contribution < -0.4 is 4.90 Å². The third-order valence-corrected chi connectivity index (χ3v) is 5.32. The van der Waals surface area contributed by atoms with Gasteiger partial charge in [0.25, 0.3) is 0 Å². The van der Waals surface area contributed by atoms with E-state index in [4.69, 9.17) is 0 Å². The molecule has 0 spiro atoms. The van der Waals surface area contributed by atoms with E-state index in [2.05, 4.69) is 62.2 Å². The minimum absolute atomic E-state index is 0.728. The fourth-order valence-corrected chi connectivity index (χ4v) is 4.08. The molecule has 2 atom stereocenters. The number of nitrogens with zero attached hydrogens (tertiary/aromatic N) is 5. The number of hydrogen-bond donors (Lipinski definition) is 0. The minimum Gasteiger partial charge on any atom is -0.355 e. The van der Waals surface area contributed by atoms with Crippen LogP contribution in [0.25, 0.3) is 0 Å². The first-order chi connectivity index (χ1) is 11.7. The zero-order chi connectivity index (χ0) is 16.5. The number of fused-ring (bicyclic) bond motifs is 1. The normalized spacial score (nSPS) is 24.2. The highest BCUT2D eigenvalue weighted by molar-refractivity contribution is 5.38. The second-order valence-corrected chi connectivity index (χ2v) is 7.25. The molecule has 0 amide bonds. The second-order valence-electron chi connectivity index (χ2n) is 7.25. The Bertz CT molecular complexity index is 699. The summed E-state index contributed by atoms with van der Waals surface area (Å²) < 4.78 is 0. The third kappa shape index (κ3) is 3.26. The van der Waals surface area contributed by atoms with E-state index in [1.165, 1.54) is 18.7 Å². The Balaban J connectivity index is 1.39. The molecule has 2 aliphatic rings. The summed E-state index contributed by atoms with van der Waals surface area (Å²) >= 11 is 0. The maximum atomic E-state index is 4.65. The predicted octanol–water partition coefficient (Wildman–Crippen LogP) is 2.45. The zero-order valence-electron chi connectivity index (χ0n) is 14.5. The lowest BCUT2D eigenvalue weighted by atomic mass is 9.89. The Morgan fingerprint density at radius 1 is 0.958 bits per heavy atom. The van der Waals surface area contributed by atoms with Crippen molar-refractivity contribution < 1.29 is 0 Å². The zero-order valence-corrected chi connectivity index (χ0v) is 14.5. The van der Waals surface area contributed by atoms with Gasteiger partial charge in [-0.15, -0.1) is 5.10 Å². The van der Waals surface area contributed by atoms with Crippen LogP contribution in [0.5, 0.6) is 0 Å². The highest BCUT2D eigenvalue weighted by atomic mass is 15.3. The maximum absolute atomic E-state index is 4.65. The van der Waals surface area contributed by atoms with E-state index in [9.17, 15) is 0 Å². The van der Waals surface area contributed by atoms with Gasteiger partial charge in [-0.3, -0.25) is 9.88 Å². The van der Waals surface area contributed by atoms with E-state index >= 15 is 0 Å². The van der Waals surface area contributed by atoms with E-state index in [-0.39, 0.29) is 0 Å². The first kappa shape index (κ1) is 15.5. The lowest BCUT2D eigenvalue weighted by Gasteiger charge is -2.34. The van der Waals surface area contributed by atoms with Gasteiger partial charge in [-0.25, -0.2) is 0 Å². The SMILES string of the molecule is Cc1ccc(N2CC[C@@H]3CN(Cc4cccc(C)n4)C[C@@H]3C2)nn1. The molecule has 0 saturated carbocycles. The number of aromatic nitrogens is 3. The van der Waals surface area contributed by atoms with Crippen molar-refractivity contribution in [3.05, 3.63) is 47.4 Å². The first-order valence-corrected chi connectivity index (χ1v) is 8.87. The average Bonchev–Trinajstić information content (AvgIpc) is 2.97. The Kier molecular flexibility index (Phi) is 4.19. The van der Waals surface area contributed by atoms with Crippen molar-refractivity contribution in [2.45, 2.75) is 26.8 Å². The molecule has 0 radical (unpaired) electrons. The largest absolute Gasteiger partial charge is 0.355 e. The molecule has 2 fully saturated rings. The molecule has 4 heterocycles. The van der Waals surface area contributed by atoms with Gasteiger partial charge in [-0.1, -0.05) is 6.07 Å². The van der Waals surface area contributed by atoms with E-state index in [1.807, 2.05) is 6.92 Å². The molecule has 2 aromatic rings. The molecule has 0 aliphatic carbocycles. The summed E-state index contributed by atoms with van der Waals surface area (Å²) in [7, 11) is 0. The maximum Gasteiger partial charge on any atom is 0.151 e. The van der Waals surface area contributed by atoms with Gasteiger partial charge in [0.05, 0.1) is 11.4 Å². The summed E-state index contributed by atoms with van der Waals surface area (Å²) in [5.41, 5.74) is 3.27. The van der Waals surface area contributed by atoms with E-state index in [0.29, 0.717) is 0 Å². The van der Waals surface area contributed by atoms with Crippen molar-refractivity contribution in [3.8, 4) is 0 Å². The van der Waals surface area contributed by atoms with E-state index < -0.39 is 0 Å². The first-order valence-electron chi connectivity index (χ1n) is 8.87. The topological polar surface area (TPSA) is 45.2 Å². The van der Waals surface area contributed by atoms with Crippen LogP contribution in [0.1, 0.15) is 23.5 Å². The molecule has 5 nitrogen and oxygen atoms in total.